The van der Waals surface area contributed by atoms with E-state index in [0.29, 0.717) is 22.5 Å². The van der Waals surface area contributed by atoms with Crippen LogP contribution in [0.2, 0.25) is 5.02 Å². The fourth-order valence-electron chi connectivity index (χ4n) is 4.26. The largest absolute Gasteiger partial charge is 0.417 e. The fraction of sp³-hybridized carbons (Fsp3) is 0.355. The first-order valence-electron chi connectivity index (χ1n) is 13.7. The van der Waals surface area contributed by atoms with Crippen LogP contribution in [0.25, 0.3) is 0 Å². The Labute approximate surface area is 255 Å². The molecule has 0 bridgehead atoms. The molecule has 0 aliphatic rings. The summed E-state index contributed by atoms with van der Waals surface area (Å²) in [5, 5.41) is 2.17. The zero-order valence-electron chi connectivity index (χ0n) is 24.4. The minimum atomic E-state index is -4.88. The van der Waals surface area contributed by atoms with Gasteiger partial charge in [0, 0.05) is 13.1 Å². The average molecular weight is 638 g/mol. The van der Waals surface area contributed by atoms with Gasteiger partial charge in [-0.15, -0.1) is 0 Å². The molecule has 0 spiro atoms. The van der Waals surface area contributed by atoms with Crippen LogP contribution >= 0.6 is 11.6 Å². The Balaban J connectivity index is 2.09. The van der Waals surface area contributed by atoms with Gasteiger partial charge in [-0.25, -0.2) is 8.42 Å². The van der Waals surface area contributed by atoms with Crippen LogP contribution < -0.4 is 9.62 Å². The number of nitrogens with zero attached hydrogens (tertiary/aromatic N) is 2. The third-order valence-corrected chi connectivity index (χ3v) is 9.02. The van der Waals surface area contributed by atoms with E-state index >= 15 is 0 Å². The molecule has 0 radical (unpaired) electrons. The van der Waals surface area contributed by atoms with Gasteiger partial charge in [-0.2, -0.15) is 13.2 Å². The lowest BCUT2D eigenvalue weighted by molar-refractivity contribution is -0.139. The molecule has 0 aromatic heterocycles. The number of nitrogens with one attached hydrogen (secondary N) is 1. The molecule has 232 valence electrons. The molecule has 43 heavy (non-hydrogen) atoms. The van der Waals surface area contributed by atoms with Crippen molar-refractivity contribution in [2.24, 2.45) is 0 Å². The number of unbranched alkanes of at least 4 members (excludes halogenated alkanes) is 1. The predicted molar refractivity (Wildman–Crippen MR) is 161 cm³/mol. The molecule has 0 fully saturated rings. The summed E-state index contributed by atoms with van der Waals surface area (Å²) >= 11 is 5.81. The zero-order valence-corrected chi connectivity index (χ0v) is 26.0. The summed E-state index contributed by atoms with van der Waals surface area (Å²) in [5.74, 6) is -1.22. The summed E-state index contributed by atoms with van der Waals surface area (Å²) in [4.78, 5) is 28.0. The van der Waals surface area contributed by atoms with Crippen LogP contribution in [0.15, 0.2) is 71.6 Å². The first-order chi connectivity index (χ1) is 20.1. The molecular weight excluding hydrogens is 603 g/mol. The first kappa shape index (κ1) is 33.9. The van der Waals surface area contributed by atoms with Gasteiger partial charge < -0.3 is 10.2 Å². The third kappa shape index (κ3) is 8.73. The van der Waals surface area contributed by atoms with Crippen LogP contribution in [0, 0.1) is 13.8 Å². The SMILES string of the molecule is CCCCNC(=O)[C@@H](C)N(Cc1ccc(C)cc1)C(=O)CN(c1ccc(Cl)c(C(F)(F)F)c1)S(=O)(=O)c1ccc(C)cc1. The molecule has 1 N–H and O–H groups in total. The standard InChI is InChI=1S/C31H35ClF3N3O4S/c1-5-6-17-36-30(40)23(4)37(19-24-11-7-21(2)8-12-24)29(39)20-38(43(41,42)26-14-9-22(3)10-15-26)25-13-16-28(32)27(18-25)31(33,34)35/h7-16,18,23H,5-6,17,19-20H2,1-4H3,(H,36,40)/t23-/m1/s1. The molecule has 3 rings (SSSR count). The van der Waals surface area contributed by atoms with Crippen LogP contribution in [0.1, 0.15) is 48.9 Å². The van der Waals surface area contributed by atoms with Gasteiger partial charge in [0.2, 0.25) is 11.8 Å². The lowest BCUT2D eigenvalue weighted by atomic mass is 10.1. The first-order valence-corrected chi connectivity index (χ1v) is 15.6. The van der Waals surface area contributed by atoms with Crippen molar-refractivity contribution < 1.29 is 31.2 Å². The molecule has 0 unspecified atom stereocenters. The highest BCUT2D eigenvalue weighted by Gasteiger charge is 2.37. The Morgan fingerprint density at radius 2 is 1.53 bits per heavy atom. The van der Waals surface area contributed by atoms with E-state index in [1.54, 1.807) is 31.2 Å². The van der Waals surface area contributed by atoms with Crippen molar-refractivity contribution in [3.63, 3.8) is 0 Å². The lowest BCUT2D eigenvalue weighted by Crippen LogP contribution is -2.51. The van der Waals surface area contributed by atoms with Gasteiger partial charge in [0.1, 0.15) is 12.6 Å². The maximum Gasteiger partial charge on any atom is 0.417 e. The number of alkyl halides is 3. The molecule has 3 aromatic rings. The molecular formula is C31H35ClF3N3O4S. The molecule has 12 heteroatoms. The van der Waals surface area contributed by atoms with Crippen LogP contribution in [-0.2, 0) is 32.3 Å². The van der Waals surface area contributed by atoms with Gasteiger partial charge in [-0.05, 0) is 63.1 Å². The number of sulfonamides is 1. The summed E-state index contributed by atoms with van der Waals surface area (Å²) < 4.78 is 69.7. The Hall–Kier alpha value is -3.57. The second kappa shape index (κ2) is 14.3. The second-order valence-corrected chi connectivity index (χ2v) is 12.6. The number of hydrogen-bond acceptors (Lipinski definition) is 4. The van der Waals surface area contributed by atoms with E-state index in [0.717, 1.165) is 36.1 Å². The number of carbonyl (C=O) groups excluding carboxylic acids is 2. The van der Waals surface area contributed by atoms with Gasteiger partial charge >= 0.3 is 6.18 Å². The van der Waals surface area contributed by atoms with Crippen molar-refractivity contribution >= 4 is 39.1 Å². The smallest absolute Gasteiger partial charge is 0.354 e. The van der Waals surface area contributed by atoms with Crippen molar-refractivity contribution in [2.75, 3.05) is 17.4 Å². The van der Waals surface area contributed by atoms with Crippen molar-refractivity contribution in [2.45, 2.75) is 64.2 Å². The number of amides is 2. The van der Waals surface area contributed by atoms with Crippen LogP contribution in [0.3, 0.4) is 0 Å². The minimum absolute atomic E-state index is 0.0334. The van der Waals surface area contributed by atoms with E-state index in [4.69, 9.17) is 11.6 Å². The summed E-state index contributed by atoms with van der Waals surface area (Å²) in [7, 11) is -4.54. The van der Waals surface area contributed by atoms with Crippen molar-refractivity contribution in [3.05, 3.63) is 94.0 Å². The Bertz CT molecular complexity index is 1530. The van der Waals surface area contributed by atoms with E-state index in [2.05, 4.69) is 5.32 Å². The molecule has 2 amide bonds. The number of carbonyl (C=O) groups is 2. The highest BCUT2D eigenvalue weighted by Crippen LogP contribution is 2.38. The van der Waals surface area contributed by atoms with Crippen LogP contribution in [0.4, 0.5) is 18.9 Å². The zero-order chi connectivity index (χ0) is 31.9. The normalized spacial score (nSPS) is 12.5. The van der Waals surface area contributed by atoms with E-state index in [9.17, 15) is 31.2 Å². The van der Waals surface area contributed by atoms with Gasteiger partial charge in [0.15, 0.2) is 0 Å². The summed E-state index contributed by atoms with van der Waals surface area (Å²) in [5.41, 5.74) is 0.778. The van der Waals surface area contributed by atoms with Gasteiger partial charge in [-0.1, -0.05) is 72.5 Å². The number of benzene rings is 3. The van der Waals surface area contributed by atoms with Gasteiger partial charge in [0.25, 0.3) is 10.0 Å². The monoisotopic (exact) mass is 637 g/mol. The maximum atomic E-state index is 13.9. The lowest BCUT2D eigenvalue weighted by Gasteiger charge is -2.32. The Kier molecular flexibility index (Phi) is 11.3. The number of rotatable bonds is 12. The van der Waals surface area contributed by atoms with Crippen molar-refractivity contribution in [1.82, 2.24) is 10.2 Å². The van der Waals surface area contributed by atoms with Crippen LogP contribution in [-0.4, -0.2) is 44.3 Å². The van der Waals surface area contributed by atoms with Gasteiger partial charge in [-0.3, -0.25) is 13.9 Å². The maximum absolute atomic E-state index is 13.9. The van der Waals surface area contributed by atoms with Gasteiger partial charge in [0.05, 0.1) is 21.2 Å². The quantitative estimate of drug-likeness (QED) is 0.230. The molecule has 0 saturated heterocycles. The van der Waals surface area contributed by atoms with E-state index < -0.39 is 56.9 Å². The summed E-state index contributed by atoms with van der Waals surface area (Å²) in [6.45, 7) is 6.63. The molecule has 1 atom stereocenters. The number of anilines is 1. The number of halogens is 4. The highest BCUT2D eigenvalue weighted by atomic mass is 35.5. The van der Waals surface area contributed by atoms with E-state index in [-0.39, 0.29) is 11.4 Å². The van der Waals surface area contributed by atoms with Crippen LogP contribution in [0.5, 0.6) is 0 Å². The molecule has 0 aliphatic heterocycles. The molecule has 7 nitrogen and oxygen atoms in total. The minimum Gasteiger partial charge on any atom is -0.354 e. The average Bonchev–Trinajstić information content (AvgIpc) is 2.95. The van der Waals surface area contributed by atoms with Crippen molar-refractivity contribution in [1.29, 1.82) is 0 Å². The number of hydrogen-bond donors (Lipinski definition) is 1. The predicted octanol–water partition coefficient (Wildman–Crippen LogP) is 6.50. The number of aryl methyl sites for hydroxylation is 2. The molecule has 0 saturated carbocycles. The second-order valence-electron chi connectivity index (χ2n) is 10.3. The Morgan fingerprint density at radius 3 is 2.09 bits per heavy atom. The van der Waals surface area contributed by atoms with Crippen molar-refractivity contribution in [3.8, 4) is 0 Å². The van der Waals surface area contributed by atoms with E-state index in [1.165, 1.54) is 24.0 Å². The molecule has 3 aromatic carbocycles. The summed E-state index contributed by atoms with van der Waals surface area (Å²) in [6, 6.07) is 14.6. The molecule has 0 aliphatic carbocycles. The summed E-state index contributed by atoms with van der Waals surface area (Å²) in [6.07, 6.45) is -3.31. The highest BCUT2D eigenvalue weighted by molar-refractivity contribution is 7.92. The third-order valence-electron chi connectivity index (χ3n) is 6.90. The fourth-order valence-corrected chi connectivity index (χ4v) is 5.89. The van der Waals surface area contributed by atoms with E-state index in [1.807, 2.05) is 26.0 Å². The topological polar surface area (TPSA) is 86.8 Å². The molecule has 0 heterocycles. The Morgan fingerprint density at radius 1 is 0.953 bits per heavy atom.